The lowest BCUT2D eigenvalue weighted by atomic mass is 10.0. The van der Waals surface area contributed by atoms with Crippen LogP contribution in [0.15, 0.2) is 65.0 Å². The topological polar surface area (TPSA) is 56.5 Å². The minimum Gasteiger partial charge on any atom is -0.485 e. The van der Waals surface area contributed by atoms with Gasteiger partial charge in [-0.3, -0.25) is 4.79 Å². The lowest BCUT2D eigenvalue weighted by Crippen LogP contribution is -2.26. The number of benzene rings is 2. The maximum atomic E-state index is 12.8. The van der Waals surface area contributed by atoms with Crippen LogP contribution in [-0.4, -0.2) is 20.7 Å². The number of nitrogens with zero attached hydrogens (tertiary/aromatic N) is 3. The van der Waals surface area contributed by atoms with E-state index < -0.39 is 0 Å². The van der Waals surface area contributed by atoms with Crippen LogP contribution in [-0.2, 0) is 0 Å². The van der Waals surface area contributed by atoms with Gasteiger partial charge in [0.25, 0.3) is 5.56 Å². The lowest BCUT2D eigenvalue weighted by Gasteiger charge is -2.22. The van der Waals surface area contributed by atoms with E-state index in [4.69, 9.17) is 4.74 Å². The summed E-state index contributed by atoms with van der Waals surface area (Å²) >= 11 is 1.34. The highest BCUT2D eigenvalue weighted by molar-refractivity contribution is 7.15. The standard InChI is InChI=1S/C21H15N3O2S/c1-13-16(11-15-9-5-6-10-17(15)26-13)12-18-20(25)24-21(27-18)22-19(23-24)14-7-3-2-4-8-14/h2-13H,1H3. The number of rotatable bonds is 2. The van der Waals surface area contributed by atoms with Gasteiger partial charge in [0.1, 0.15) is 11.9 Å². The molecule has 0 aliphatic carbocycles. The van der Waals surface area contributed by atoms with E-state index in [9.17, 15) is 4.79 Å². The summed E-state index contributed by atoms with van der Waals surface area (Å²) in [6, 6.07) is 17.5. The minimum atomic E-state index is -0.156. The van der Waals surface area contributed by atoms with E-state index in [0.29, 0.717) is 15.3 Å². The first-order valence-electron chi connectivity index (χ1n) is 8.63. The second kappa shape index (κ2) is 6.17. The lowest BCUT2D eigenvalue weighted by molar-refractivity contribution is 0.259. The predicted molar refractivity (Wildman–Crippen MR) is 107 cm³/mol. The van der Waals surface area contributed by atoms with Gasteiger partial charge in [0.2, 0.25) is 4.96 Å². The van der Waals surface area contributed by atoms with E-state index in [1.54, 1.807) is 0 Å². The van der Waals surface area contributed by atoms with Crippen molar-refractivity contribution in [2.75, 3.05) is 0 Å². The highest BCUT2D eigenvalue weighted by Gasteiger charge is 2.18. The van der Waals surface area contributed by atoms with Gasteiger partial charge in [-0.1, -0.05) is 59.9 Å². The molecule has 0 amide bonds. The van der Waals surface area contributed by atoms with Crippen molar-refractivity contribution in [3.8, 4) is 17.1 Å². The van der Waals surface area contributed by atoms with Gasteiger partial charge in [-0.05, 0) is 30.7 Å². The molecule has 0 spiro atoms. The van der Waals surface area contributed by atoms with Crippen LogP contribution in [0, 0.1) is 0 Å². The van der Waals surface area contributed by atoms with Crippen LogP contribution in [0.3, 0.4) is 0 Å². The first kappa shape index (κ1) is 16.0. The number of thiazole rings is 1. The molecule has 5 nitrogen and oxygen atoms in total. The molecule has 0 radical (unpaired) electrons. The van der Waals surface area contributed by atoms with Crippen molar-refractivity contribution in [3.05, 3.63) is 80.6 Å². The molecule has 1 aliphatic rings. The summed E-state index contributed by atoms with van der Waals surface area (Å²) in [5.74, 6) is 1.42. The van der Waals surface area contributed by atoms with Crippen LogP contribution in [0.5, 0.6) is 5.75 Å². The smallest absolute Gasteiger partial charge is 0.291 e. The third-order valence-electron chi connectivity index (χ3n) is 4.53. The molecule has 2 aromatic heterocycles. The molecule has 6 heteroatoms. The Balaban J connectivity index is 1.60. The second-order valence-corrected chi connectivity index (χ2v) is 7.36. The average molecular weight is 373 g/mol. The average Bonchev–Trinajstić information content (AvgIpc) is 3.23. The Hall–Kier alpha value is -3.25. The van der Waals surface area contributed by atoms with E-state index in [1.807, 2.05) is 67.6 Å². The normalized spacial score (nSPS) is 16.9. The largest absolute Gasteiger partial charge is 0.485 e. The van der Waals surface area contributed by atoms with E-state index >= 15 is 0 Å². The Kier molecular flexibility index (Phi) is 3.65. The van der Waals surface area contributed by atoms with Crippen molar-refractivity contribution in [2.45, 2.75) is 13.0 Å². The van der Waals surface area contributed by atoms with Gasteiger partial charge >= 0.3 is 0 Å². The van der Waals surface area contributed by atoms with Gasteiger partial charge in [-0.25, -0.2) is 0 Å². The van der Waals surface area contributed by atoms with Crippen LogP contribution >= 0.6 is 11.3 Å². The molecular weight excluding hydrogens is 358 g/mol. The number of para-hydroxylation sites is 1. The first-order valence-corrected chi connectivity index (χ1v) is 9.45. The fourth-order valence-corrected chi connectivity index (χ4v) is 4.02. The third-order valence-corrected chi connectivity index (χ3v) is 5.49. The fourth-order valence-electron chi connectivity index (χ4n) is 3.12. The van der Waals surface area contributed by atoms with Gasteiger partial charge in [0, 0.05) is 11.1 Å². The Morgan fingerprint density at radius 1 is 1.11 bits per heavy atom. The number of hydrogen-bond acceptors (Lipinski definition) is 5. The summed E-state index contributed by atoms with van der Waals surface area (Å²) in [6.07, 6.45) is 3.82. The van der Waals surface area contributed by atoms with Crippen LogP contribution in [0.1, 0.15) is 12.5 Å². The highest BCUT2D eigenvalue weighted by Crippen LogP contribution is 2.29. The molecule has 5 rings (SSSR count). The number of hydrogen-bond donors (Lipinski definition) is 0. The summed E-state index contributed by atoms with van der Waals surface area (Å²) in [5, 5.41) is 4.38. The van der Waals surface area contributed by atoms with Gasteiger partial charge in [-0.15, -0.1) is 5.10 Å². The van der Waals surface area contributed by atoms with Crippen molar-refractivity contribution in [1.82, 2.24) is 14.6 Å². The van der Waals surface area contributed by atoms with Crippen molar-refractivity contribution in [3.63, 3.8) is 0 Å². The van der Waals surface area contributed by atoms with E-state index in [2.05, 4.69) is 16.2 Å². The Labute approximate surface area is 158 Å². The first-order chi connectivity index (χ1) is 13.2. The summed E-state index contributed by atoms with van der Waals surface area (Å²) in [6.45, 7) is 1.98. The second-order valence-electron chi connectivity index (χ2n) is 6.35. The number of fused-ring (bicyclic) bond motifs is 2. The molecular formula is C21H15N3O2S. The van der Waals surface area contributed by atoms with Gasteiger partial charge in [0.15, 0.2) is 5.82 Å². The Morgan fingerprint density at radius 3 is 2.70 bits per heavy atom. The summed E-state index contributed by atoms with van der Waals surface area (Å²) in [5.41, 5.74) is 2.71. The monoisotopic (exact) mass is 373 g/mol. The molecule has 4 aromatic rings. The maximum Gasteiger partial charge on any atom is 0.291 e. The van der Waals surface area contributed by atoms with Crippen LogP contribution in [0.4, 0.5) is 0 Å². The molecule has 0 bridgehead atoms. The van der Waals surface area contributed by atoms with Crippen LogP contribution in [0.25, 0.3) is 28.5 Å². The zero-order chi connectivity index (χ0) is 18.4. The summed E-state index contributed by atoms with van der Waals surface area (Å²) < 4.78 is 7.93. The van der Waals surface area contributed by atoms with Gasteiger partial charge in [-0.2, -0.15) is 9.50 Å². The quantitative estimate of drug-likeness (QED) is 0.542. The minimum absolute atomic E-state index is 0.124. The van der Waals surface area contributed by atoms with Gasteiger partial charge in [0.05, 0.1) is 4.53 Å². The third kappa shape index (κ3) is 2.74. The Bertz CT molecular complexity index is 1290. The zero-order valence-corrected chi connectivity index (χ0v) is 15.3. The molecule has 3 heterocycles. The molecule has 1 atom stereocenters. The number of ether oxygens (including phenoxy) is 1. The Morgan fingerprint density at radius 2 is 1.89 bits per heavy atom. The molecule has 0 N–H and O–H groups in total. The predicted octanol–water partition coefficient (Wildman–Crippen LogP) is 3.18. The maximum absolute atomic E-state index is 12.8. The van der Waals surface area contributed by atoms with Crippen molar-refractivity contribution < 1.29 is 4.74 Å². The molecule has 27 heavy (non-hydrogen) atoms. The molecule has 1 aliphatic heterocycles. The highest BCUT2D eigenvalue weighted by atomic mass is 32.1. The number of aromatic nitrogens is 3. The zero-order valence-electron chi connectivity index (χ0n) is 14.5. The summed E-state index contributed by atoms with van der Waals surface area (Å²) in [7, 11) is 0. The van der Waals surface area contributed by atoms with E-state index in [-0.39, 0.29) is 11.7 Å². The van der Waals surface area contributed by atoms with Crippen LogP contribution < -0.4 is 14.8 Å². The van der Waals surface area contributed by atoms with Crippen molar-refractivity contribution in [1.29, 1.82) is 0 Å². The van der Waals surface area contributed by atoms with E-state index in [1.165, 1.54) is 15.9 Å². The molecule has 132 valence electrons. The van der Waals surface area contributed by atoms with Crippen LogP contribution in [0.2, 0.25) is 0 Å². The summed E-state index contributed by atoms with van der Waals surface area (Å²) in [4.78, 5) is 17.9. The van der Waals surface area contributed by atoms with Crippen molar-refractivity contribution >= 4 is 28.4 Å². The molecule has 0 saturated heterocycles. The van der Waals surface area contributed by atoms with Gasteiger partial charge < -0.3 is 4.74 Å². The molecule has 0 saturated carbocycles. The van der Waals surface area contributed by atoms with E-state index in [0.717, 1.165) is 22.4 Å². The van der Waals surface area contributed by atoms with Crippen molar-refractivity contribution in [2.24, 2.45) is 0 Å². The molecule has 1 unspecified atom stereocenters. The molecule has 0 fully saturated rings. The fraction of sp³-hybridized carbons (Fsp3) is 0.0952. The SMILES string of the molecule is CC1Oc2ccccc2C=C1C=c1sc2nc(-c3ccccc3)nn2c1=O. The molecule has 2 aromatic carbocycles.